The molecule has 3 aromatic rings. The number of fused-ring (bicyclic) bond motifs is 1. The molecule has 2 aromatic carbocycles. The lowest BCUT2D eigenvalue weighted by Crippen LogP contribution is -2.21. The average molecular weight is 362 g/mol. The van der Waals surface area contributed by atoms with Crippen molar-refractivity contribution in [2.24, 2.45) is 5.73 Å². The zero-order valence-electron chi connectivity index (χ0n) is 15.4. The minimum atomic E-state index is -0.692. The predicted octanol–water partition coefficient (Wildman–Crippen LogP) is 4.06. The third-order valence-corrected chi connectivity index (χ3v) is 4.67. The highest BCUT2D eigenvalue weighted by atomic mass is 16.5. The van der Waals surface area contributed by atoms with Crippen LogP contribution in [0, 0.1) is 0 Å². The van der Waals surface area contributed by atoms with E-state index in [0.29, 0.717) is 28.1 Å². The van der Waals surface area contributed by atoms with Gasteiger partial charge in [0, 0.05) is 10.9 Å². The van der Waals surface area contributed by atoms with E-state index in [4.69, 9.17) is 10.5 Å². The Morgan fingerprint density at radius 3 is 2.48 bits per heavy atom. The second-order valence-corrected chi connectivity index (χ2v) is 6.55. The van der Waals surface area contributed by atoms with Gasteiger partial charge in [-0.25, -0.2) is 9.78 Å². The fourth-order valence-corrected chi connectivity index (χ4v) is 2.92. The van der Waals surface area contributed by atoms with Gasteiger partial charge in [-0.2, -0.15) is 0 Å². The molecule has 0 saturated heterocycles. The van der Waals surface area contributed by atoms with Crippen molar-refractivity contribution >= 4 is 22.8 Å². The number of esters is 1. The Labute approximate surface area is 158 Å². The van der Waals surface area contributed by atoms with Crippen molar-refractivity contribution in [3.63, 3.8) is 0 Å². The molecule has 0 saturated carbocycles. The van der Waals surface area contributed by atoms with E-state index in [0.717, 1.165) is 12.0 Å². The van der Waals surface area contributed by atoms with E-state index in [-0.39, 0.29) is 0 Å². The highest BCUT2D eigenvalue weighted by Crippen LogP contribution is 2.27. The van der Waals surface area contributed by atoms with Crippen molar-refractivity contribution in [1.82, 2.24) is 4.98 Å². The first-order valence-electron chi connectivity index (χ1n) is 8.95. The van der Waals surface area contributed by atoms with Gasteiger partial charge < -0.3 is 10.5 Å². The van der Waals surface area contributed by atoms with Crippen molar-refractivity contribution in [3.8, 4) is 11.3 Å². The largest absolute Gasteiger partial charge is 0.452 e. The van der Waals surface area contributed by atoms with Gasteiger partial charge in [-0.15, -0.1) is 0 Å². The van der Waals surface area contributed by atoms with Crippen LogP contribution in [-0.2, 0) is 9.53 Å². The molecular weight excluding hydrogens is 340 g/mol. The molecule has 2 N–H and O–H groups in total. The van der Waals surface area contributed by atoms with Crippen molar-refractivity contribution in [3.05, 3.63) is 65.7 Å². The Bertz CT molecular complexity index is 981. The minimum absolute atomic E-state index is 0.364. The Hall–Kier alpha value is -3.21. The molecule has 0 aliphatic heterocycles. The van der Waals surface area contributed by atoms with Crippen LogP contribution in [0.4, 0.5) is 0 Å². The number of nitrogens with two attached hydrogens (primary N) is 1. The van der Waals surface area contributed by atoms with Crippen LogP contribution in [0.1, 0.15) is 42.1 Å². The second-order valence-electron chi connectivity index (χ2n) is 6.55. The fraction of sp³-hybridized carbons (Fsp3) is 0.227. The van der Waals surface area contributed by atoms with E-state index in [1.165, 1.54) is 5.56 Å². The molecule has 0 aliphatic rings. The molecule has 1 aromatic heterocycles. The molecule has 0 aliphatic carbocycles. The van der Waals surface area contributed by atoms with Crippen LogP contribution in [0.25, 0.3) is 22.2 Å². The summed E-state index contributed by atoms with van der Waals surface area (Å²) in [6.07, 6.45) is 1.07. The van der Waals surface area contributed by atoms with Crippen LogP contribution in [0.3, 0.4) is 0 Å². The quantitative estimate of drug-likeness (QED) is 0.671. The number of nitrogens with zero attached hydrogens (tertiary/aromatic N) is 1. The Balaban J connectivity index is 2.03. The molecule has 0 bridgehead atoms. The lowest BCUT2D eigenvalue weighted by Gasteiger charge is -2.12. The summed E-state index contributed by atoms with van der Waals surface area (Å²) in [5, 5.41) is 0.673. The van der Waals surface area contributed by atoms with E-state index >= 15 is 0 Å². The van der Waals surface area contributed by atoms with Crippen molar-refractivity contribution in [1.29, 1.82) is 0 Å². The number of benzene rings is 2. The number of rotatable bonds is 6. The number of para-hydroxylation sites is 1. The van der Waals surface area contributed by atoms with E-state index < -0.39 is 18.5 Å². The summed E-state index contributed by atoms with van der Waals surface area (Å²) >= 11 is 0. The van der Waals surface area contributed by atoms with E-state index in [2.05, 4.69) is 31.0 Å². The third-order valence-electron chi connectivity index (χ3n) is 4.67. The Morgan fingerprint density at radius 2 is 1.81 bits per heavy atom. The SMILES string of the molecule is CC[C@@H](C)c1ccc(-c2cc(C(=O)OCC(N)=O)c3ccccc3n2)cc1. The maximum atomic E-state index is 12.5. The number of aromatic nitrogens is 1. The molecule has 0 fully saturated rings. The van der Waals surface area contributed by atoms with Gasteiger partial charge in [0.15, 0.2) is 6.61 Å². The van der Waals surface area contributed by atoms with Crippen molar-refractivity contribution in [2.75, 3.05) is 6.61 Å². The van der Waals surface area contributed by atoms with Crippen LogP contribution in [0.15, 0.2) is 54.6 Å². The van der Waals surface area contributed by atoms with Gasteiger partial charge in [0.1, 0.15) is 0 Å². The summed E-state index contributed by atoms with van der Waals surface area (Å²) in [5.74, 6) is -0.796. The van der Waals surface area contributed by atoms with E-state index in [1.54, 1.807) is 12.1 Å². The average Bonchev–Trinajstić information content (AvgIpc) is 2.70. The summed E-state index contributed by atoms with van der Waals surface area (Å²) in [6.45, 7) is 3.90. The Morgan fingerprint density at radius 1 is 1.11 bits per heavy atom. The van der Waals surface area contributed by atoms with Gasteiger partial charge in [0.2, 0.25) is 0 Å². The number of amides is 1. The summed E-state index contributed by atoms with van der Waals surface area (Å²) in [5.41, 5.74) is 8.98. The van der Waals surface area contributed by atoms with Gasteiger partial charge in [0.05, 0.1) is 16.8 Å². The molecule has 27 heavy (non-hydrogen) atoms. The standard InChI is InChI=1S/C22H22N2O3/c1-3-14(2)15-8-10-16(11-9-15)20-12-18(22(26)27-13-21(23)25)17-6-4-5-7-19(17)24-20/h4-12,14H,3,13H2,1-2H3,(H2,23,25)/t14-/m1/s1. The zero-order valence-corrected chi connectivity index (χ0v) is 15.4. The van der Waals surface area contributed by atoms with Gasteiger partial charge in [-0.1, -0.05) is 56.3 Å². The first-order chi connectivity index (χ1) is 13.0. The smallest absolute Gasteiger partial charge is 0.339 e. The van der Waals surface area contributed by atoms with Gasteiger partial charge in [-0.3, -0.25) is 4.79 Å². The van der Waals surface area contributed by atoms with Gasteiger partial charge in [0.25, 0.3) is 5.91 Å². The molecule has 3 rings (SSSR count). The normalized spacial score (nSPS) is 11.9. The Kier molecular flexibility index (Phi) is 5.50. The number of ether oxygens (including phenoxy) is 1. The van der Waals surface area contributed by atoms with E-state index in [9.17, 15) is 9.59 Å². The summed E-state index contributed by atoms with van der Waals surface area (Å²) in [4.78, 5) is 28.1. The van der Waals surface area contributed by atoms with Crippen LogP contribution in [0.2, 0.25) is 0 Å². The number of primary amides is 1. The molecule has 1 amide bonds. The zero-order chi connectivity index (χ0) is 19.4. The molecule has 0 unspecified atom stereocenters. The fourth-order valence-electron chi connectivity index (χ4n) is 2.92. The molecule has 1 heterocycles. The highest BCUT2D eigenvalue weighted by Gasteiger charge is 2.16. The summed E-state index contributed by atoms with van der Waals surface area (Å²) in [7, 11) is 0. The summed E-state index contributed by atoms with van der Waals surface area (Å²) < 4.78 is 5.01. The predicted molar refractivity (Wildman–Crippen MR) is 105 cm³/mol. The molecular formula is C22H22N2O3. The van der Waals surface area contributed by atoms with Crippen LogP contribution < -0.4 is 5.73 Å². The number of pyridine rings is 1. The number of carbonyl (C=O) groups is 2. The topological polar surface area (TPSA) is 82.3 Å². The minimum Gasteiger partial charge on any atom is -0.452 e. The van der Waals surface area contributed by atoms with Crippen LogP contribution in [-0.4, -0.2) is 23.5 Å². The van der Waals surface area contributed by atoms with Crippen LogP contribution >= 0.6 is 0 Å². The first-order valence-corrected chi connectivity index (χ1v) is 8.95. The lowest BCUT2D eigenvalue weighted by molar-refractivity contribution is -0.121. The molecule has 5 nitrogen and oxygen atoms in total. The molecule has 138 valence electrons. The number of carbonyl (C=O) groups excluding carboxylic acids is 2. The first kappa shape index (κ1) is 18.6. The van der Waals surface area contributed by atoms with Gasteiger partial charge >= 0.3 is 5.97 Å². The monoisotopic (exact) mass is 362 g/mol. The van der Waals surface area contributed by atoms with Crippen molar-refractivity contribution < 1.29 is 14.3 Å². The molecule has 5 heteroatoms. The lowest BCUT2D eigenvalue weighted by atomic mass is 9.96. The maximum Gasteiger partial charge on any atom is 0.339 e. The second kappa shape index (κ2) is 7.99. The molecule has 1 atom stereocenters. The molecule has 0 spiro atoms. The number of hydrogen-bond donors (Lipinski definition) is 1. The summed E-state index contributed by atoms with van der Waals surface area (Å²) in [6, 6.07) is 17.2. The maximum absolute atomic E-state index is 12.5. The van der Waals surface area contributed by atoms with Crippen molar-refractivity contribution in [2.45, 2.75) is 26.2 Å². The highest BCUT2D eigenvalue weighted by molar-refractivity contribution is 6.05. The number of hydrogen-bond acceptors (Lipinski definition) is 4. The van der Waals surface area contributed by atoms with Gasteiger partial charge in [-0.05, 0) is 30.0 Å². The molecule has 0 radical (unpaired) electrons. The van der Waals surface area contributed by atoms with E-state index in [1.807, 2.05) is 30.3 Å². The van der Waals surface area contributed by atoms with Crippen LogP contribution in [0.5, 0.6) is 0 Å². The third kappa shape index (κ3) is 4.14.